The van der Waals surface area contributed by atoms with Gasteiger partial charge in [-0.05, 0) is 44.0 Å². The van der Waals surface area contributed by atoms with Crippen LogP contribution in [0.3, 0.4) is 0 Å². The van der Waals surface area contributed by atoms with E-state index in [1.54, 1.807) is 31.2 Å². The maximum absolute atomic E-state index is 12.6. The van der Waals surface area contributed by atoms with E-state index in [0.717, 1.165) is 19.4 Å². The molecule has 2 aromatic rings. The molecule has 1 saturated heterocycles. The molecule has 0 unspecified atom stereocenters. The van der Waals surface area contributed by atoms with Gasteiger partial charge in [0, 0.05) is 12.7 Å². The number of halogens is 1. The summed E-state index contributed by atoms with van der Waals surface area (Å²) in [6.07, 6.45) is 2.09. The second-order valence-corrected chi connectivity index (χ2v) is 6.60. The number of nitriles is 1. The Bertz CT molecular complexity index is 887. The smallest absolute Gasteiger partial charge is 0.343 e. The Morgan fingerprint density at radius 3 is 2.89 bits per heavy atom. The zero-order valence-corrected chi connectivity index (χ0v) is 16.2. The SMILES string of the molecule is CCOc1cc(C#N)cc(Cl)c1OC(=O)c1cccc(OC[C@H]2CCCO2)c1. The number of carbonyl (C=O) groups excluding carboxylic acids is 1. The molecule has 0 amide bonds. The van der Waals surface area contributed by atoms with Gasteiger partial charge in [0.05, 0.1) is 34.9 Å². The molecule has 1 heterocycles. The highest BCUT2D eigenvalue weighted by atomic mass is 35.5. The summed E-state index contributed by atoms with van der Waals surface area (Å²) in [5.74, 6) is 0.278. The van der Waals surface area contributed by atoms with Crippen LogP contribution in [0.15, 0.2) is 36.4 Å². The van der Waals surface area contributed by atoms with Crippen LogP contribution in [0, 0.1) is 11.3 Å². The summed E-state index contributed by atoms with van der Waals surface area (Å²) in [5, 5.41) is 9.20. The van der Waals surface area contributed by atoms with Crippen LogP contribution in [0.25, 0.3) is 0 Å². The summed E-state index contributed by atoms with van der Waals surface area (Å²) in [6.45, 7) is 3.32. The molecule has 0 N–H and O–H groups in total. The number of rotatable bonds is 7. The first kappa shape index (κ1) is 20.0. The number of ether oxygens (including phenoxy) is 4. The average Bonchev–Trinajstić information content (AvgIpc) is 3.22. The van der Waals surface area contributed by atoms with E-state index < -0.39 is 5.97 Å². The molecule has 0 aliphatic carbocycles. The van der Waals surface area contributed by atoms with Gasteiger partial charge in [-0.2, -0.15) is 5.26 Å². The molecule has 6 nitrogen and oxygen atoms in total. The lowest BCUT2D eigenvalue weighted by Crippen LogP contribution is -2.16. The van der Waals surface area contributed by atoms with E-state index in [4.69, 9.17) is 35.8 Å². The van der Waals surface area contributed by atoms with E-state index in [-0.39, 0.29) is 22.6 Å². The van der Waals surface area contributed by atoms with Gasteiger partial charge in [-0.15, -0.1) is 0 Å². The molecule has 0 radical (unpaired) electrons. The molecule has 1 fully saturated rings. The van der Waals surface area contributed by atoms with Crippen LogP contribution in [0.1, 0.15) is 35.7 Å². The molecule has 1 aliphatic rings. The second kappa shape index (κ2) is 9.45. The Balaban J connectivity index is 1.74. The van der Waals surface area contributed by atoms with Crippen LogP contribution in [0.5, 0.6) is 17.2 Å². The van der Waals surface area contributed by atoms with Crippen molar-refractivity contribution in [2.45, 2.75) is 25.9 Å². The molecule has 2 aromatic carbocycles. The lowest BCUT2D eigenvalue weighted by molar-refractivity contribution is 0.0676. The predicted molar refractivity (Wildman–Crippen MR) is 103 cm³/mol. The minimum Gasteiger partial charge on any atom is -0.491 e. The van der Waals surface area contributed by atoms with Gasteiger partial charge in [0.2, 0.25) is 0 Å². The van der Waals surface area contributed by atoms with Crippen molar-refractivity contribution in [3.63, 3.8) is 0 Å². The number of esters is 1. The van der Waals surface area contributed by atoms with Crippen LogP contribution < -0.4 is 14.2 Å². The largest absolute Gasteiger partial charge is 0.491 e. The van der Waals surface area contributed by atoms with Gasteiger partial charge in [-0.1, -0.05) is 17.7 Å². The molecule has 1 aliphatic heterocycles. The molecule has 7 heteroatoms. The number of nitrogens with zero attached hydrogens (tertiary/aromatic N) is 1. The van der Waals surface area contributed by atoms with E-state index in [1.807, 2.05) is 6.07 Å². The van der Waals surface area contributed by atoms with E-state index >= 15 is 0 Å². The molecule has 0 saturated carbocycles. The van der Waals surface area contributed by atoms with Gasteiger partial charge in [-0.3, -0.25) is 0 Å². The normalized spacial score (nSPS) is 15.7. The molecule has 0 spiro atoms. The minimum absolute atomic E-state index is 0.0817. The minimum atomic E-state index is -0.602. The second-order valence-electron chi connectivity index (χ2n) is 6.19. The maximum atomic E-state index is 12.6. The molecule has 0 bridgehead atoms. The molecule has 0 aromatic heterocycles. The Morgan fingerprint density at radius 1 is 1.32 bits per heavy atom. The third-order valence-electron chi connectivity index (χ3n) is 4.16. The number of hydrogen-bond acceptors (Lipinski definition) is 6. The quantitative estimate of drug-likeness (QED) is 0.506. The first-order valence-electron chi connectivity index (χ1n) is 9.03. The van der Waals surface area contributed by atoms with Crippen LogP contribution in [0.2, 0.25) is 5.02 Å². The summed E-state index contributed by atoms with van der Waals surface area (Å²) in [6, 6.07) is 11.6. The molecule has 1 atom stereocenters. The first-order chi connectivity index (χ1) is 13.6. The first-order valence-corrected chi connectivity index (χ1v) is 9.41. The van der Waals surface area contributed by atoms with Crippen LogP contribution >= 0.6 is 11.6 Å². The standard InChI is InChI=1S/C21H20ClNO5/c1-2-25-19-10-14(12-23)9-18(22)20(19)28-21(24)15-5-3-6-16(11-15)27-13-17-7-4-8-26-17/h3,5-6,9-11,17H,2,4,7-8,13H2,1H3/t17-/m1/s1. The predicted octanol–water partition coefficient (Wildman–Crippen LogP) is 4.39. The van der Waals surface area contributed by atoms with Gasteiger partial charge in [0.1, 0.15) is 12.4 Å². The lowest BCUT2D eigenvalue weighted by Gasteiger charge is -2.14. The Morgan fingerprint density at radius 2 is 2.18 bits per heavy atom. The van der Waals surface area contributed by atoms with Crippen molar-refractivity contribution in [1.82, 2.24) is 0 Å². The van der Waals surface area contributed by atoms with Crippen LogP contribution in [0.4, 0.5) is 0 Å². The van der Waals surface area contributed by atoms with E-state index in [9.17, 15) is 4.79 Å². The van der Waals surface area contributed by atoms with Crippen molar-refractivity contribution in [3.05, 3.63) is 52.5 Å². The van der Waals surface area contributed by atoms with Crippen LogP contribution in [-0.4, -0.2) is 31.9 Å². The summed E-state index contributed by atoms with van der Waals surface area (Å²) < 4.78 is 22.2. The van der Waals surface area contributed by atoms with Gasteiger partial charge in [0.25, 0.3) is 0 Å². The summed E-state index contributed by atoms with van der Waals surface area (Å²) in [4.78, 5) is 12.6. The van der Waals surface area contributed by atoms with E-state index in [2.05, 4.69) is 0 Å². The van der Waals surface area contributed by atoms with Crippen molar-refractivity contribution in [3.8, 4) is 23.3 Å². The molecule has 146 valence electrons. The van der Waals surface area contributed by atoms with E-state index in [0.29, 0.717) is 30.1 Å². The Kier molecular flexibility index (Phi) is 6.75. The number of hydrogen-bond donors (Lipinski definition) is 0. The summed E-state index contributed by atoms with van der Waals surface area (Å²) in [7, 11) is 0. The third-order valence-corrected chi connectivity index (χ3v) is 4.44. The molecular formula is C21H20ClNO5. The van der Waals surface area contributed by atoms with Gasteiger partial charge >= 0.3 is 5.97 Å². The fourth-order valence-corrected chi connectivity index (χ4v) is 3.07. The number of carbonyl (C=O) groups is 1. The fourth-order valence-electron chi connectivity index (χ4n) is 2.82. The summed E-state index contributed by atoms with van der Waals surface area (Å²) >= 11 is 6.19. The Hall–Kier alpha value is -2.75. The van der Waals surface area contributed by atoms with Gasteiger partial charge in [-0.25, -0.2) is 4.79 Å². The third kappa shape index (κ3) is 4.94. The van der Waals surface area contributed by atoms with E-state index in [1.165, 1.54) is 12.1 Å². The molecule has 28 heavy (non-hydrogen) atoms. The summed E-state index contributed by atoms with van der Waals surface area (Å²) in [5.41, 5.74) is 0.630. The monoisotopic (exact) mass is 401 g/mol. The highest BCUT2D eigenvalue weighted by Gasteiger charge is 2.19. The van der Waals surface area contributed by atoms with Gasteiger partial charge in [0.15, 0.2) is 11.5 Å². The van der Waals surface area contributed by atoms with Crippen LogP contribution in [-0.2, 0) is 4.74 Å². The van der Waals surface area contributed by atoms with Crippen molar-refractivity contribution >= 4 is 17.6 Å². The maximum Gasteiger partial charge on any atom is 0.343 e. The van der Waals surface area contributed by atoms with Crippen molar-refractivity contribution in [1.29, 1.82) is 5.26 Å². The number of benzene rings is 2. The highest BCUT2D eigenvalue weighted by molar-refractivity contribution is 6.32. The van der Waals surface area contributed by atoms with Crippen molar-refractivity contribution in [2.24, 2.45) is 0 Å². The highest BCUT2D eigenvalue weighted by Crippen LogP contribution is 2.37. The van der Waals surface area contributed by atoms with Crippen molar-refractivity contribution < 1.29 is 23.7 Å². The van der Waals surface area contributed by atoms with Crippen molar-refractivity contribution in [2.75, 3.05) is 19.8 Å². The molecular weight excluding hydrogens is 382 g/mol. The topological polar surface area (TPSA) is 77.8 Å². The lowest BCUT2D eigenvalue weighted by atomic mass is 10.2. The Labute approximate surface area is 168 Å². The fraction of sp³-hybridized carbons (Fsp3) is 0.333. The average molecular weight is 402 g/mol. The zero-order chi connectivity index (χ0) is 19.9. The zero-order valence-electron chi connectivity index (χ0n) is 15.4. The molecule has 3 rings (SSSR count). The van der Waals surface area contributed by atoms with Gasteiger partial charge < -0.3 is 18.9 Å².